The van der Waals surface area contributed by atoms with Gasteiger partial charge in [0.25, 0.3) is 0 Å². The molecule has 0 aromatic heterocycles. The van der Waals surface area contributed by atoms with Crippen molar-refractivity contribution in [2.75, 3.05) is 18.0 Å². The normalized spacial score (nSPS) is 18.8. The Bertz CT molecular complexity index is 815. The Kier molecular flexibility index (Phi) is 4.92. The highest BCUT2D eigenvalue weighted by molar-refractivity contribution is 6.33. The van der Waals surface area contributed by atoms with E-state index in [9.17, 15) is 31.9 Å². The molecule has 0 bridgehead atoms. The Balaban J connectivity index is 1.94. The zero-order valence-electron chi connectivity index (χ0n) is 14.0. The second-order valence-electron chi connectivity index (χ2n) is 6.66. The second-order valence-corrected chi connectivity index (χ2v) is 7.04. The van der Waals surface area contributed by atoms with E-state index in [1.807, 2.05) is 0 Å². The molecule has 146 valence electrons. The Labute approximate surface area is 156 Å². The van der Waals surface area contributed by atoms with Crippen LogP contribution in [-0.2, 0) is 19.8 Å². The molecule has 1 heterocycles. The van der Waals surface area contributed by atoms with Crippen LogP contribution < -0.4 is 10.2 Å². The average Bonchev–Trinajstić information content (AvgIpc) is 2.81. The molecule has 1 aromatic carbocycles. The summed E-state index contributed by atoms with van der Waals surface area (Å²) in [5.74, 6) is -2.34. The number of ketones is 1. The lowest BCUT2D eigenvalue weighted by atomic mass is 9.70. The van der Waals surface area contributed by atoms with Crippen LogP contribution in [0.1, 0.15) is 31.2 Å². The fourth-order valence-electron chi connectivity index (χ4n) is 3.67. The van der Waals surface area contributed by atoms with Crippen molar-refractivity contribution in [3.8, 4) is 0 Å². The first-order valence-electron chi connectivity index (χ1n) is 8.21. The molecule has 1 spiro atoms. The van der Waals surface area contributed by atoms with Gasteiger partial charge in [0, 0.05) is 18.4 Å². The number of Topliss-reactive ketones (excluding diaryl/α,β-unsaturated/α-hetero) is 1. The predicted molar refractivity (Wildman–Crippen MR) is 88.0 cm³/mol. The predicted octanol–water partition coefficient (Wildman–Crippen LogP) is 2.89. The summed E-state index contributed by atoms with van der Waals surface area (Å²) >= 11 is 6.10. The number of halogens is 5. The van der Waals surface area contributed by atoms with Gasteiger partial charge in [-0.1, -0.05) is 11.6 Å². The number of rotatable bonds is 3. The lowest BCUT2D eigenvalue weighted by molar-refractivity contribution is -0.138. The van der Waals surface area contributed by atoms with Gasteiger partial charge in [-0.2, -0.15) is 13.2 Å². The third kappa shape index (κ3) is 3.52. The van der Waals surface area contributed by atoms with Crippen LogP contribution in [0.15, 0.2) is 12.1 Å². The molecular weight excluding hydrogens is 392 g/mol. The molecular formula is C17H15ClF4N2O3. The number of nitrogens with zero attached hydrogens (tertiary/aromatic N) is 1. The van der Waals surface area contributed by atoms with Crippen LogP contribution in [-0.4, -0.2) is 36.9 Å². The van der Waals surface area contributed by atoms with Gasteiger partial charge in [0.1, 0.15) is 24.7 Å². The SMILES string of the molecule is O=C1CCC2(CC1)C(=O)N(CC(=O)NCC(F)(F)F)c1ccc(F)c(Cl)c12. The number of hydrogen-bond donors (Lipinski definition) is 1. The highest BCUT2D eigenvalue weighted by Crippen LogP contribution is 2.52. The number of anilines is 1. The Morgan fingerprint density at radius 3 is 2.44 bits per heavy atom. The molecule has 0 saturated heterocycles. The van der Waals surface area contributed by atoms with Gasteiger partial charge < -0.3 is 10.2 Å². The van der Waals surface area contributed by atoms with Gasteiger partial charge in [-0.15, -0.1) is 0 Å². The van der Waals surface area contributed by atoms with Crippen LogP contribution in [0.25, 0.3) is 0 Å². The standard InChI is InChI=1S/C17H15ClF4N2O3/c18-14-10(19)1-2-11-13(14)16(5-3-9(25)4-6-16)15(27)24(11)7-12(26)23-8-17(20,21)22/h1-2H,3-8H2,(H,23,26). The minimum Gasteiger partial charge on any atom is -0.345 e. The van der Waals surface area contributed by atoms with Crippen molar-refractivity contribution in [2.45, 2.75) is 37.3 Å². The number of nitrogens with one attached hydrogen (secondary N) is 1. The molecule has 1 aliphatic carbocycles. The second kappa shape index (κ2) is 6.78. The molecule has 10 heteroatoms. The molecule has 2 aliphatic rings. The molecule has 1 N–H and O–H groups in total. The Morgan fingerprint density at radius 1 is 1.22 bits per heavy atom. The summed E-state index contributed by atoms with van der Waals surface area (Å²) in [4.78, 5) is 37.6. The van der Waals surface area contributed by atoms with Gasteiger partial charge in [-0.3, -0.25) is 14.4 Å². The summed E-state index contributed by atoms with van der Waals surface area (Å²) < 4.78 is 50.9. The van der Waals surface area contributed by atoms with Crippen LogP contribution >= 0.6 is 11.6 Å². The maximum absolute atomic E-state index is 14.0. The minimum atomic E-state index is -4.58. The van der Waals surface area contributed by atoms with Crippen LogP contribution in [0, 0.1) is 5.82 Å². The average molecular weight is 407 g/mol. The van der Waals surface area contributed by atoms with Gasteiger partial charge in [0.2, 0.25) is 11.8 Å². The molecule has 3 rings (SSSR count). The smallest absolute Gasteiger partial charge is 0.345 e. The minimum absolute atomic E-state index is 0.0381. The fraction of sp³-hybridized carbons (Fsp3) is 0.471. The van der Waals surface area contributed by atoms with Crippen molar-refractivity contribution < 1.29 is 31.9 Å². The highest BCUT2D eigenvalue weighted by atomic mass is 35.5. The van der Waals surface area contributed by atoms with Gasteiger partial charge in [-0.05, 0) is 25.0 Å². The largest absolute Gasteiger partial charge is 0.405 e. The van der Waals surface area contributed by atoms with E-state index < -0.39 is 42.3 Å². The van der Waals surface area contributed by atoms with Gasteiger partial charge >= 0.3 is 6.18 Å². The number of carbonyl (C=O) groups is 3. The number of carbonyl (C=O) groups excluding carboxylic acids is 3. The summed E-state index contributed by atoms with van der Waals surface area (Å²) in [6.45, 7) is -2.18. The molecule has 2 amide bonds. The third-order valence-corrected chi connectivity index (χ3v) is 5.32. The molecule has 0 unspecified atom stereocenters. The van der Waals surface area contributed by atoms with E-state index >= 15 is 0 Å². The van der Waals surface area contributed by atoms with Crippen molar-refractivity contribution in [3.63, 3.8) is 0 Å². The summed E-state index contributed by atoms with van der Waals surface area (Å²) in [5, 5.41) is 1.44. The Hall–Kier alpha value is -2.16. The summed E-state index contributed by atoms with van der Waals surface area (Å²) in [6.07, 6.45) is -4.15. The number of benzene rings is 1. The van der Waals surface area contributed by atoms with E-state index in [1.165, 1.54) is 6.07 Å². The van der Waals surface area contributed by atoms with Crippen LogP contribution in [0.5, 0.6) is 0 Å². The van der Waals surface area contributed by atoms with E-state index in [0.29, 0.717) is 0 Å². The Morgan fingerprint density at radius 2 is 1.85 bits per heavy atom. The first-order chi connectivity index (χ1) is 12.5. The first kappa shape index (κ1) is 19.6. The van der Waals surface area contributed by atoms with Crippen LogP contribution in [0.4, 0.5) is 23.2 Å². The van der Waals surface area contributed by atoms with Crippen molar-refractivity contribution in [2.24, 2.45) is 0 Å². The molecule has 0 radical (unpaired) electrons. The molecule has 5 nitrogen and oxygen atoms in total. The maximum atomic E-state index is 14.0. The topological polar surface area (TPSA) is 66.5 Å². The molecule has 1 aromatic rings. The van der Waals surface area contributed by atoms with Crippen molar-refractivity contribution >= 4 is 34.9 Å². The summed E-state index contributed by atoms with van der Waals surface area (Å²) in [6, 6.07) is 2.30. The van der Waals surface area contributed by atoms with E-state index in [1.54, 1.807) is 5.32 Å². The van der Waals surface area contributed by atoms with Gasteiger partial charge in [-0.25, -0.2) is 4.39 Å². The zero-order valence-corrected chi connectivity index (χ0v) is 14.7. The van der Waals surface area contributed by atoms with E-state index in [4.69, 9.17) is 11.6 Å². The molecule has 1 fully saturated rings. The molecule has 1 saturated carbocycles. The number of amides is 2. The van der Waals surface area contributed by atoms with E-state index in [2.05, 4.69) is 0 Å². The first-order valence-corrected chi connectivity index (χ1v) is 8.58. The summed E-state index contributed by atoms with van der Waals surface area (Å²) in [5.41, 5.74) is -0.861. The number of alkyl halides is 3. The molecule has 0 atom stereocenters. The fourth-order valence-corrected chi connectivity index (χ4v) is 4.01. The van der Waals surface area contributed by atoms with E-state index in [-0.39, 0.29) is 47.7 Å². The van der Waals surface area contributed by atoms with Gasteiger partial charge in [0.15, 0.2) is 0 Å². The maximum Gasteiger partial charge on any atom is 0.405 e. The molecule has 27 heavy (non-hydrogen) atoms. The third-order valence-electron chi connectivity index (χ3n) is 4.95. The quantitative estimate of drug-likeness (QED) is 0.785. The molecule has 1 aliphatic heterocycles. The van der Waals surface area contributed by atoms with Crippen LogP contribution in [0.3, 0.4) is 0 Å². The van der Waals surface area contributed by atoms with Crippen LogP contribution in [0.2, 0.25) is 5.02 Å². The highest BCUT2D eigenvalue weighted by Gasteiger charge is 2.54. The van der Waals surface area contributed by atoms with E-state index in [0.717, 1.165) is 11.0 Å². The van der Waals surface area contributed by atoms with Crippen molar-refractivity contribution in [3.05, 3.63) is 28.5 Å². The monoisotopic (exact) mass is 406 g/mol. The lowest BCUT2D eigenvalue weighted by Crippen LogP contribution is -2.47. The number of fused-ring (bicyclic) bond motifs is 2. The lowest BCUT2D eigenvalue weighted by Gasteiger charge is -2.32. The van der Waals surface area contributed by atoms with Gasteiger partial charge in [0.05, 0.1) is 16.1 Å². The summed E-state index contributed by atoms with van der Waals surface area (Å²) in [7, 11) is 0. The zero-order chi connectivity index (χ0) is 20.0. The van der Waals surface area contributed by atoms with Crippen molar-refractivity contribution in [1.82, 2.24) is 5.32 Å². The number of hydrogen-bond acceptors (Lipinski definition) is 3. The van der Waals surface area contributed by atoms with Crippen molar-refractivity contribution in [1.29, 1.82) is 0 Å².